The van der Waals surface area contributed by atoms with Crippen LogP contribution in [0.1, 0.15) is 13.3 Å². The van der Waals surface area contributed by atoms with Gasteiger partial charge in [-0.15, -0.1) is 0 Å². The molecule has 5 nitrogen and oxygen atoms in total. The minimum atomic E-state index is 0.420. The summed E-state index contributed by atoms with van der Waals surface area (Å²) in [6, 6.07) is 12.6. The van der Waals surface area contributed by atoms with Crippen molar-refractivity contribution in [2.45, 2.75) is 19.4 Å². The molecule has 5 heteroatoms. The highest BCUT2D eigenvalue weighted by Crippen LogP contribution is 2.26. The Morgan fingerprint density at radius 2 is 2.09 bits per heavy atom. The van der Waals surface area contributed by atoms with Crippen LogP contribution in [0.25, 0.3) is 11.3 Å². The molecule has 0 amide bonds. The average Bonchev–Trinajstić information content (AvgIpc) is 3.03. The van der Waals surface area contributed by atoms with E-state index in [2.05, 4.69) is 34.0 Å². The van der Waals surface area contributed by atoms with Gasteiger partial charge in [0.1, 0.15) is 5.69 Å². The molecule has 1 aromatic heterocycles. The molecule has 2 N–H and O–H groups in total. The van der Waals surface area contributed by atoms with Crippen LogP contribution in [-0.2, 0) is 0 Å². The molecular formula is C17H24N4O. The number of rotatable bonds is 5. The summed E-state index contributed by atoms with van der Waals surface area (Å²) in [5.41, 5.74) is 7.58. The van der Waals surface area contributed by atoms with E-state index in [1.807, 2.05) is 24.3 Å². The van der Waals surface area contributed by atoms with Gasteiger partial charge in [-0.3, -0.25) is 4.90 Å². The Kier molecular flexibility index (Phi) is 4.75. The first kappa shape index (κ1) is 15.1. The summed E-state index contributed by atoms with van der Waals surface area (Å²) < 4.78 is 5.58. The minimum absolute atomic E-state index is 0.420. The number of aromatic nitrogens is 1. The molecule has 1 fully saturated rings. The first-order valence-electron chi connectivity index (χ1n) is 7.99. The Labute approximate surface area is 131 Å². The summed E-state index contributed by atoms with van der Waals surface area (Å²) in [5.74, 6) is 0.866. The first-order valence-corrected chi connectivity index (χ1v) is 7.99. The zero-order chi connectivity index (χ0) is 15.4. The standard InChI is InChI=1S/C17H24N4O/c1-14-13-20(9-5-8-18)10-11-21(14)17-12-16(19-22-17)15-6-3-2-4-7-15/h2-4,6-7,12,14H,5,8-11,13,18H2,1H3. The quantitative estimate of drug-likeness (QED) is 0.917. The smallest absolute Gasteiger partial charge is 0.228 e. The second-order valence-electron chi connectivity index (χ2n) is 5.90. The maximum Gasteiger partial charge on any atom is 0.228 e. The van der Waals surface area contributed by atoms with E-state index in [9.17, 15) is 0 Å². The van der Waals surface area contributed by atoms with Crippen LogP contribution >= 0.6 is 0 Å². The summed E-state index contributed by atoms with van der Waals surface area (Å²) >= 11 is 0. The molecule has 0 bridgehead atoms. The predicted octanol–water partition coefficient (Wildman–Crippen LogP) is 2.20. The van der Waals surface area contributed by atoms with Crippen molar-refractivity contribution in [1.82, 2.24) is 10.1 Å². The molecule has 0 radical (unpaired) electrons. The largest absolute Gasteiger partial charge is 0.338 e. The maximum atomic E-state index is 5.60. The lowest BCUT2D eigenvalue weighted by Crippen LogP contribution is -2.52. The van der Waals surface area contributed by atoms with Gasteiger partial charge in [0.2, 0.25) is 5.88 Å². The van der Waals surface area contributed by atoms with Crippen molar-refractivity contribution >= 4 is 5.88 Å². The van der Waals surface area contributed by atoms with E-state index in [1.165, 1.54) is 0 Å². The fraction of sp³-hybridized carbons (Fsp3) is 0.471. The lowest BCUT2D eigenvalue weighted by Gasteiger charge is -2.39. The van der Waals surface area contributed by atoms with Gasteiger partial charge in [-0.25, -0.2) is 0 Å². The maximum absolute atomic E-state index is 5.60. The van der Waals surface area contributed by atoms with Gasteiger partial charge < -0.3 is 15.2 Å². The minimum Gasteiger partial charge on any atom is -0.338 e. The highest BCUT2D eigenvalue weighted by atomic mass is 16.5. The van der Waals surface area contributed by atoms with Crippen molar-refractivity contribution in [2.24, 2.45) is 5.73 Å². The van der Waals surface area contributed by atoms with Crippen molar-refractivity contribution in [2.75, 3.05) is 37.6 Å². The molecule has 1 aromatic carbocycles. The van der Waals surface area contributed by atoms with Gasteiger partial charge in [-0.2, -0.15) is 0 Å². The van der Waals surface area contributed by atoms with E-state index in [4.69, 9.17) is 10.3 Å². The number of piperazine rings is 1. The van der Waals surface area contributed by atoms with E-state index in [0.29, 0.717) is 6.04 Å². The van der Waals surface area contributed by atoms with Crippen molar-refractivity contribution in [3.05, 3.63) is 36.4 Å². The highest BCUT2D eigenvalue weighted by Gasteiger charge is 2.26. The second-order valence-corrected chi connectivity index (χ2v) is 5.90. The van der Waals surface area contributed by atoms with Crippen LogP contribution in [0.15, 0.2) is 40.9 Å². The number of hydrogen-bond donors (Lipinski definition) is 1. The number of hydrogen-bond acceptors (Lipinski definition) is 5. The summed E-state index contributed by atoms with van der Waals surface area (Å²) in [6.45, 7) is 7.14. The molecule has 1 atom stereocenters. The molecular weight excluding hydrogens is 276 g/mol. The zero-order valence-corrected chi connectivity index (χ0v) is 13.1. The Balaban J connectivity index is 1.67. The Hall–Kier alpha value is -1.85. The molecule has 3 rings (SSSR count). The van der Waals surface area contributed by atoms with Crippen LogP contribution in [0.2, 0.25) is 0 Å². The summed E-state index contributed by atoms with van der Waals surface area (Å²) in [5, 5.41) is 4.22. The summed E-state index contributed by atoms with van der Waals surface area (Å²) in [6.07, 6.45) is 1.06. The average molecular weight is 300 g/mol. The zero-order valence-electron chi connectivity index (χ0n) is 13.1. The summed E-state index contributed by atoms with van der Waals surface area (Å²) in [4.78, 5) is 4.78. The SMILES string of the molecule is CC1CN(CCCN)CCN1c1cc(-c2ccccc2)no1. The fourth-order valence-electron chi connectivity index (χ4n) is 3.02. The first-order chi connectivity index (χ1) is 10.8. The molecule has 0 saturated carbocycles. The third kappa shape index (κ3) is 3.31. The number of anilines is 1. The van der Waals surface area contributed by atoms with Crippen molar-refractivity contribution in [3.8, 4) is 11.3 Å². The third-order valence-electron chi connectivity index (χ3n) is 4.24. The molecule has 22 heavy (non-hydrogen) atoms. The lowest BCUT2D eigenvalue weighted by atomic mass is 10.1. The number of nitrogens with two attached hydrogens (primary N) is 1. The molecule has 1 unspecified atom stereocenters. The van der Waals surface area contributed by atoms with Crippen LogP contribution in [-0.4, -0.2) is 48.8 Å². The van der Waals surface area contributed by atoms with Crippen LogP contribution in [0.3, 0.4) is 0 Å². The Morgan fingerprint density at radius 3 is 2.82 bits per heavy atom. The number of nitrogens with zero attached hydrogens (tertiary/aromatic N) is 3. The van der Waals surface area contributed by atoms with E-state index in [-0.39, 0.29) is 0 Å². The van der Waals surface area contributed by atoms with E-state index in [1.54, 1.807) is 0 Å². The highest BCUT2D eigenvalue weighted by molar-refractivity contribution is 5.62. The van der Waals surface area contributed by atoms with Gasteiger partial charge in [0.15, 0.2) is 0 Å². The van der Waals surface area contributed by atoms with E-state index >= 15 is 0 Å². The Bertz CT molecular complexity index is 583. The topological polar surface area (TPSA) is 58.5 Å². The Morgan fingerprint density at radius 1 is 1.27 bits per heavy atom. The van der Waals surface area contributed by atoms with Crippen LogP contribution < -0.4 is 10.6 Å². The molecule has 1 aliphatic rings. The molecule has 2 aromatic rings. The van der Waals surface area contributed by atoms with Gasteiger partial charge in [-0.1, -0.05) is 35.5 Å². The lowest BCUT2D eigenvalue weighted by molar-refractivity contribution is 0.220. The summed E-state index contributed by atoms with van der Waals surface area (Å²) in [7, 11) is 0. The second kappa shape index (κ2) is 6.94. The monoisotopic (exact) mass is 300 g/mol. The predicted molar refractivity (Wildman–Crippen MR) is 88.9 cm³/mol. The molecule has 118 valence electrons. The van der Waals surface area contributed by atoms with Gasteiger partial charge in [0.05, 0.1) is 0 Å². The van der Waals surface area contributed by atoms with Crippen LogP contribution in [0.4, 0.5) is 5.88 Å². The van der Waals surface area contributed by atoms with Gasteiger partial charge in [0, 0.05) is 37.3 Å². The van der Waals surface area contributed by atoms with E-state index < -0.39 is 0 Å². The molecule has 2 heterocycles. The van der Waals surface area contributed by atoms with Gasteiger partial charge in [0.25, 0.3) is 0 Å². The fourth-order valence-corrected chi connectivity index (χ4v) is 3.02. The number of benzene rings is 1. The van der Waals surface area contributed by atoms with Gasteiger partial charge in [-0.05, 0) is 26.4 Å². The molecule has 1 aliphatic heterocycles. The van der Waals surface area contributed by atoms with Crippen LogP contribution in [0, 0.1) is 0 Å². The normalized spacial score (nSPS) is 19.5. The molecule has 1 saturated heterocycles. The third-order valence-corrected chi connectivity index (χ3v) is 4.24. The van der Waals surface area contributed by atoms with E-state index in [0.717, 1.165) is 56.3 Å². The van der Waals surface area contributed by atoms with Crippen molar-refractivity contribution in [3.63, 3.8) is 0 Å². The molecule has 0 spiro atoms. The molecule has 0 aliphatic carbocycles. The van der Waals surface area contributed by atoms with Gasteiger partial charge >= 0.3 is 0 Å². The van der Waals surface area contributed by atoms with Crippen LogP contribution in [0.5, 0.6) is 0 Å². The van der Waals surface area contributed by atoms with Crippen molar-refractivity contribution < 1.29 is 4.52 Å². The van der Waals surface area contributed by atoms with Crippen molar-refractivity contribution in [1.29, 1.82) is 0 Å².